The Labute approximate surface area is 105 Å². The van der Waals surface area contributed by atoms with Crippen LogP contribution in [0.5, 0.6) is 0 Å². The summed E-state index contributed by atoms with van der Waals surface area (Å²) in [5, 5.41) is 14.0. The molecule has 0 aromatic carbocycles. The molecule has 98 valence electrons. The molecule has 1 aromatic heterocycles. The van der Waals surface area contributed by atoms with Crippen LogP contribution in [0.4, 0.5) is 17.5 Å². The predicted octanol–water partition coefficient (Wildman–Crippen LogP) is 1.96. The highest BCUT2D eigenvalue weighted by Gasteiger charge is 2.26. The van der Waals surface area contributed by atoms with Crippen LogP contribution in [0, 0.1) is 16.0 Å². The van der Waals surface area contributed by atoms with Crippen molar-refractivity contribution in [1.29, 1.82) is 0 Å². The number of nitrogens with zero attached hydrogens (tertiary/aromatic N) is 3. The van der Waals surface area contributed by atoms with E-state index in [0.29, 0.717) is 0 Å². The van der Waals surface area contributed by atoms with Crippen molar-refractivity contribution in [2.75, 3.05) is 11.1 Å². The highest BCUT2D eigenvalue weighted by atomic mass is 16.6. The second-order valence-electron chi connectivity index (χ2n) is 4.65. The molecule has 0 radical (unpaired) electrons. The highest BCUT2D eigenvalue weighted by Crippen LogP contribution is 2.35. The molecule has 1 unspecified atom stereocenters. The van der Waals surface area contributed by atoms with Crippen molar-refractivity contribution in [3.8, 4) is 0 Å². The van der Waals surface area contributed by atoms with Crippen molar-refractivity contribution in [3.63, 3.8) is 0 Å². The van der Waals surface area contributed by atoms with Gasteiger partial charge in [-0.3, -0.25) is 10.1 Å². The molecule has 1 atom stereocenters. The molecule has 1 fully saturated rings. The van der Waals surface area contributed by atoms with Crippen LogP contribution in [-0.4, -0.2) is 20.9 Å². The van der Waals surface area contributed by atoms with Crippen LogP contribution >= 0.6 is 0 Å². The van der Waals surface area contributed by atoms with Gasteiger partial charge in [0.2, 0.25) is 11.8 Å². The summed E-state index contributed by atoms with van der Waals surface area (Å²) in [6.45, 7) is 2.05. The molecule has 3 N–H and O–H groups in total. The standard InChI is InChI=1S/C11H17N5O2/c1-2-8(5-7-3-4-7)14-10-9(16(17)18)6-13-11(12)15-10/h6-8H,2-5H2,1H3,(H3,12,13,14,15). The summed E-state index contributed by atoms with van der Waals surface area (Å²) < 4.78 is 0. The molecule has 1 saturated carbocycles. The second-order valence-corrected chi connectivity index (χ2v) is 4.65. The van der Waals surface area contributed by atoms with E-state index in [0.717, 1.165) is 25.0 Å². The summed E-state index contributed by atoms with van der Waals surface area (Å²) in [5.74, 6) is 1.02. The second kappa shape index (κ2) is 5.16. The van der Waals surface area contributed by atoms with E-state index in [2.05, 4.69) is 22.2 Å². The molecule has 7 heteroatoms. The Hall–Kier alpha value is -1.92. The molecule has 0 amide bonds. The monoisotopic (exact) mass is 251 g/mol. The third kappa shape index (κ3) is 3.06. The molecular weight excluding hydrogens is 234 g/mol. The average Bonchev–Trinajstić information content (AvgIpc) is 3.11. The number of anilines is 2. The summed E-state index contributed by atoms with van der Waals surface area (Å²) in [7, 11) is 0. The zero-order valence-corrected chi connectivity index (χ0v) is 10.3. The first kappa shape index (κ1) is 12.5. The first-order valence-corrected chi connectivity index (χ1v) is 6.13. The molecule has 0 spiro atoms. The molecule has 1 aliphatic carbocycles. The lowest BCUT2D eigenvalue weighted by atomic mass is 10.1. The maximum Gasteiger partial charge on any atom is 0.329 e. The molecule has 0 bridgehead atoms. The van der Waals surface area contributed by atoms with Crippen LogP contribution < -0.4 is 11.1 Å². The molecule has 0 saturated heterocycles. The Bertz CT molecular complexity index is 447. The maximum absolute atomic E-state index is 10.9. The number of aromatic nitrogens is 2. The van der Waals surface area contributed by atoms with Gasteiger partial charge in [0.25, 0.3) is 0 Å². The van der Waals surface area contributed by atoms with Crippen LogP contribution in [0.3, 0.4) is 0 Å². The van der Waals surface area contributed by atoms with Gasteiger partial charge in [0.1, 0.15) is 6.20 Å². The largest absolute Gasteiger partial charge is 0.368 e. The number of nitrogens with two attached hydrogens (primary N) is 1. The first-order chi connectivity index (χ1) is 8.60. The van der Waals surface area contributed by atoms with E-state index < -0.39 is 4.92 Å². The molecule has 18 heavy (non-hydrogen) atoms. The van der Waals surface area contributed by atoms with Gasteiger partial charge < -0.3 is 11.1 Å². The number of nitrogen functional groups attached to an aromatic ring is 1. The molecular formula is C11H17N5O2. The Morgan fingerprint density at radius 2 is 2.39 bits per heavy atom. The SMILES string of the molecule is CCC(CC1CC1)Nc1nc(N)ncc1[N+](=O)[O-]. The average molecular weight is 251 g/mol. The summed E-state index contributed by atoms with van der Waals surface area (Å²) in [6.07, 6.45) is 5.59. The van der Waals surface area contributed by atoms with E-state index in [1.807, 2.05) is 0 Å². The van der Waals surface area contributed by atoms with E-state index in [9.17, 15) is 10.1 Å². The summed E-state index contributed by atoms with van der Waals surface area (Å²) in [6, 6.07) is 0.200. The van der Waals surface area contributed by atoms with Gasteiger partial charge in [0.05, 0.1) is 4.92 Å². The van der Waals surface area contributed by atoms with Crippen molar-refractivity contribution >= 4 is 17.5 Å². The van der Waals surface area contributed by atoms with E-state index >= 15 is 0 Å². The summed E-state index contributed by atoms with van der Waals surface area (Å²) in [5.41, 5.74) is 5.35. The minimum atomic E-state index is -0.494. The Balaban J connectivity index is 2.14. The normalized spacial score (nSPS) is 16.3. The van der Waals surface area contributed by atoms with E-state index in [1.165, 1.54) is 12.8 Å². The number of rotatable bonds is 6. The highest BCUT2D eigenvalue weighted by molar-refractivity contribution is 5.56. The number of nitrogens with one attached hydrogen (secondary N) is 1. The third-order valence-corrected chi connectivity index (χ3v) is 3.13. The van der Waals surface area contributed by atoms with Crippen molar-refractivity contribution in [2.45, 2.75) is 38.6 Å². The van der Waals surface area contributed by atoms with Gasteiger partial charge in [-0.15, -0.1) is 0 Å². The molecule has 7 nitrogen and oxygen atoms in total. The first-order valence-electron chi connectivity index (χ1n) is 6.13. The lowest BCUT2D eigenvalue weighted by Crippen LogP contribution is -2.21. The van der Waals surface area contributed by atoms with Crippen molar-refractivity contribution < 1.29 is 4.92 Å². The Morgan fingerprint density at radius 3 is 2.94 bits per heavy atom. The van der Waals surface area contributed by atoms with E-state index in [-0.39, 0.29) is 23.5 Å². The fourth-order valence-corrected chi connectivity index (χ4v) is 1.91. The maximum atomic E-state index is 10.9. The molecule has 2 rings (SSSR count). The Kier molecular flexibility index (Phi) is 3.59. The number of nitro groups is 1. The number of hydrogen-bond acceptors (Lipinski definition) is 6. The van der Waals surface area contributed by atoms with Gasteiger partial charge in [-0.05, 0) is 18.8 Å². The molecule has 1 aliphatic rings. The minimum absolute atomic E-state index is 0.0457. The van der Waals surface area contributed by atoms with Gasteiger partial charge in [0, 0.05) is 6.04 Å². The van der Waals surface area contributed by atoms with Crippen LogP contribution in [0.25, 0.3) is 0 Å². The smallest absolute Gasteiger partial charge is 0.329 e. The topological polar surface area (TPSA) is 107 Å². The molecule has 0 aliphatic heterocycles. The van der Waals surface area contributed by atoms with Gasteiger partial charge >= 0.3 is 5.69 Å². The lowest BCUT2D eigenvalue weighted by molar-refractivity contribution is -0.384. The third-order valence-electron chi connectivity index (χ3n) is 3.13. The minimum Gasteiger partial charge on any atom is -0.368 e. The van der Waals surface area contributed by atoms with Crippen LogP contribution in [0.15, 0.2) is 6.20 Å². The summed E-state index contributed by atoms with van der Waals surface area (Å²) in [4.78, 5) is 18.0. The predicted molar refractivity (Wildman–Crippen MR) is 68.1 cm³/mol. The van der Waals surface area contributed by atoms with Gasteiger partial charge in [0.15, 0.2) is 0 Å². The summed E-state index contributed by atoms with van der Waals surface area (Å²) >= 11 is 0. The number of hydrogen-bond donors (Lipinski definition) is 2. The van der Waals surface area contributed by atoms with Gasteiger partial charge in [-0.2, -0.15) is 4.98 Å². The van der Waals surface area contributed by atoms with Gasteiger partial charge in [-0.1, -0.05) is 19.8 Å². The molecule has 1 heterocycles. The fourth-order valence-electron chi connectivity index (χ4n) is 1.91. The van der Waals surface area contributed by atoms with Crippen LogP contribution in [-0.2, 0) is 0 Å². The Morgan fingerprint density at radius 1 is 1.67 bits per heavy atom. The van der Waals surface area contributed by atoms with Crippen molar-refractivity contribution in [1.82, 2.24) is 9.97 Å². The van der Waals surface area contributed by atoms with E-state index in [4.69, 9.17) is 5.73 Å². The lowest BCUT2D eigenvalue weighted by Gasteiger charge is -2.17. The van der Waals surface area contributed by atoms with Gasteiger partial charge in [-0.25, -0.2) is 4.98 Å². The van der Waals surface area contributed by atoms with Crippen LogP contribution in [0.1, 0.15) is 32.6 Å². The van der Waals surface area contributed by atoms with Crippen LogP contribution in [0.2, 0.25) is 0 Å². The quantitative estimate of drug-likeness (QED) is 0.591. The van der Waals surface area contributed by atoms with Crippen molar-refractivity contribution in [3.05, 3.63) is 16.3 Å². The van der Waals surface area contributed by atoms with E-state index in [1.54, 1.807) is 0 Å². The zero-order chi connectivity index (χ0) is 13.1. The fraction of sp³-hybridized carbons (Fsp3) is 0.636. The molecule has 1 aromatic rings. The zero-order valence-electron chi connectivity index (χ0n) is 10.3. The van der Waals surface area contributed by atoms with Crippen molar-refractivity contribution in [2.24, 2.45) is 5.92 Å².